The quantitative estimate of drug-likeness (QED) is 0.813. The summed E-state index contributed by atoms with van der Waals surface area (Å²) in [6.45, 7) is 7.15. The summed E-state index contributed by atoms with van der Waals surface area (Å²) in [4.78, 5) is 15.0. The van der Waals surface area contributed by atoms with Crippen LogP contribution in [0, 0.1) is 5.41 Å². The van der Waals surface area contributed by atoms with Crippen molar-refractivity contribution in [1.29, 1.82) is 0 Å². The Labute approximate surface area is 125 Å². The van der Waals surface area contributed by atoms with Gasteiger partial charge in [-0.1, -0.05) is 19.9 Å². The van der Waals surface area contributed by atoms with Crippen molar-refractivity contribution in [1.82, 2.24) is 10.2 Å². The Kier molecular flexibility index (Phi) is 6.49. The first-order valence-electron chi connectivity index (χ1n) is 6.99. The van der Waals surface area contributed by atoms with E-state index in [0.717, 1.165) is 6.42 Å². The fourth-order valence-corrected chi connectivity index (χ4v) is 2.85. The lowest BCUT2D eigenvalue weighted by molar-refractivity contribution is 0.127. The fraction of sp³-hybridized carbons (Fsp3) is 0.667. The van der Waals surface area contributed by atoms with E-state index in [1.165, 1.54) is 4.88 Å². The number of thiophene rings is 1. The van der Waals surface area contributed by atoms with Crippen molar-refractivity contribution in [3.05, 3.63) is 22.4 Å². The zero-order valence-electron chi connectivity index (χ0n) is 12.8. The molecule has 1 rings (SSSR count). The summed E-state index contributed by atoms with van der Waals surface area (Å²) >= 11 is 1.71. The van der Waals surface area contributed by atoms with E-state index in [0.29, 0.717) is 19.5 Å². The van der Waals surface area contributed by atoms with E-state index < -0.39 is 0 Å². The first-order chi connectivity index (χ1) is 9.30. The topological polar surface area (TPSA) is 52.6 Å². The van der Waals surface area contributed by atoms with Crippen molar-refractivity contribution in [2.75, 3.05) is 20.1 Å². The molecule has 0 fully saturated rings. The summed E-state index contributed by atoms with van der Waals surface area (Å²) in [5, 5.41) is 14.4. The molecule has 114 valence electrons. The molecule has 2 N–H and O–H groups in total. The molecule has 0 saturated heterocycles. The number of aliphatic hydroxyl groups excluding tert-OH is 1. The van der Waals surface area contributed by atoms with Crippen LogP contribution >= 0.6 is 11.3 Å². The predicted octanol–water partition coefficient (Wildman–Crippen LogP) is 2.73. The molecule has 20 heavy (non-hydrogen) atoms. The van der Waals surface area contributed by atoms with Crippen LogP contribution < -0.4 is 5.32 Å². The number of carbonyl (C=O) groups is 1. The van der Waals surface area contributed by atoms with Crippen LogP contribution in [0.5, 0.6) is 0 Å². The van der Waals surface area contributed by atoms with Gasteiger partial charge in [-0.05, 0) is 36.6 Å². The number of nitrogens with one attached hydrogen (secondary N) is 1. The van der Waals surface area contributed by atoms with Gasteiger partial charge in [0.15, 0.2) is 0 Å². The average molecular weight is 298 g/mol. The summed E-state index contributed by atoms with van der Waals surface area (Å²) in [6.07, 6.45) is 1.21. The van der Waals surface area contributed by atoms with Crippen LogP contribution in [-0.2, 0) is 6.42 Å². The molecule has 1 aromatic rings. The van der Waals surface area contributed by atoms with Gasteiger partial charge < -0.3 is 15.3 Å². The molecule has 0 aliphatic carbocycles. The number of urea groups is 1. The minimum Gasteiger partial charge on any atom is -0.393 e. The third-order valence-corrected chi connectivity index (χ3v) is 4.12. The monoisotopic (exact) mass is 298 g/mol. The zero-order valence-corrected chi connectivity index (χ0v) is 13.7. The van der Waals surface area contributed by atoms with Gasteiger partial charge in [-0.2, -0.15) is 0 Å². The molecule has 1 unspecified atom stereocenters. The van der Waals surface area contributed by atoms with E-state index in [9.17, 15) is 9.90 Å². The maximum atomic E-state index is 12.0. The van der Waals surface area contributed by atoms with E-state index >= 15 is 0 Å². The van der Waals surface area contributed by atoms with Gasteiger partial charge >= 0.3 is 6.03 Å². The first-order valence-corrected chi connectivity index (χ1v) is 7.87. The summed E-state index contributed by atoms with van der Waals surface area (Å²) in [6, 6.07) is 4.06. The minimum absolute atomic E-state index is 0.0553. The number of hydrogen-bond acceptors (Lipinski definition) is 3. The van der Waals surface area contributed by atoms with Crippen molar-refractivity contribution in [2.24, 2.45) is 5.41 Å². The molecular weight excluding hydrogens is 272 g/mol. The number of likely N-dealkylation sites (N-methyl/N-ethyl adjacent to an activating group) is 1. The van der Waals surface area contributed by atoms with Crippen LogP contribution in [0.25, 0.3) is 0 Å². The van der Waals surface area contributed by atoms with E-state index in [4.69, 9.17) is 0 Å². The van der Waals surface area contributed by atoms with Crippen LogP contribution in [0.1, 0.15) is 32.1 Å². The standard InChI is InChI=1S/C15H26N2O2S/c1-12(18)10-15(2,3)11-16-14(19)17(4)8-7-13-6-5-9-20-13/h5-6,9,12,18H,7-8,10-11H2,1-4H3,(H,16,19). The number of aliphatic hydroxyl groups is 1. The molecule has 1 aromatic heterocycles. The lowest BCUT2D eigenvalue weighted by atomic mass is 9.87. The van der Waals surface area contributed by atoms with Crippen LogP contribution in [0.4, 0.5) is 4.79 Å². The molecule has 1 heterocycles. The van der Waals surface area contributed by atoms with Crippen molar-refractivity contribution >= 4 is 17.4 Å². The molecule has 0 bridgehead atoms. The molecule has 0 aromatic carbocycles. The first kappa shape index (κ1) is 17.0. The minimum atomic E-state index is -0.349. The Hall–Kier alpha value is -1.07. The smallest absolute Gasteiger partial charge is 0.317 e. The summed E-state index contributed by atoms with van der Waals surface area (Å²) in [5.74, 6) is 0. The van der Waals surface area contributed by atoms with E-state index in [-0.39, 0.29) is 17.6 Å². The molecule has 0 spiro atoms. The zero-order chi connectivity index (χ0) is 15.2. The summed E-state index contributed by atoms with van der Waals surface area (Å²) in [7, 11) is 1.81. The SMILES string of the molecule is CC(O)CC(C)(C)CNC(=O)N(C)CCc1cccs1. The van der Waals surface area contributed by atoms with Crippen LogP contribution in [0.3, 0.4) is 0 Å². The van der Waals surface area contributed by atoms with Gasteiger partial charge in [-0.15, -0.1) is 11.3 Å². The highest BCUT2D eigenvalue weighted by atomic mass is 32.1. The van der Waals surface area contributed by atoms with Gasteiger partial charge in [-0.25, -0.2) is 4.79 Å². The van der Waals surface area contributed by atoms with Crippen LogP contribution in [0.2, 0.25) is 0 Å². The maximum absolute atomic E-state index is 12.0. The molecule has 0 saturated carbocycles. The van der Waals surface area contributed by atoms with E-state index in [2.05, 4.69) is 11.4 Å². The number of amides is 2. The number of carbonyl (C=O) groups excluding carboxylic acids is 1. The van der Waals surface area contributed by atoms with Gasteiger partial charge in [0.25, 0.3) is 0 Å². The van der Waals surface area contributed by atoms with Crippen molar-refractivity contribution in [2.45, 2.75) is 39.7 Å². The van der Waals surface area contributed by atoms with Gasteiger partial charge in [-0.3, -0.25) is 0 Å². The molecule has 0 aliphatic heterocycles. The number of nitrogens with zero attached hydrogens (tertiary/aromatic N) is 1. The molecule has 0 radical (unpaired) electrons. The van der Waals surface area contributed by atoms with Crippen LogP contribution in [-0.4, -0.2) is 42.3 Å². The van der Waals surface area contributed by atoms with Crippen LogP contribution in [0.15, 0.2) is 17.5 Å². The maximum Gasteiger partial charge on any atom is 0.317 e. The van der Waals surface area contributed by atoms with Gasteiger partial charge in [0.05, 0.1) is 6.10 Å². The van der Waals surface area contributed by atoms with E-state index in [1.54, 1.807) is 23.2 Å². The number of rotatable bonds is 7. The lowest BCUT2D eigenvalue weighted by Crippen LogP contribution is -2.43. The highest BCUT2D eigenvalue weighted by molar-refractivity contribution is 7.09. The van der Waals surface area contributed by atoms with Crippen molar-refractivity contribution < 1.29 is 9.90 Å². The average Bonchev–Trinajstić information content (AvgIpc) is 2.84. The lowest BCUT2D eigenvalue weighted by Gasteiger charge is -2.28. The van der Waals surface area contributed by atoms with E-state index in [1.807, 2.05) is 32.3 Å². The highest BCUT2D eigenvalue weighted by Crippen LogP contribution is 2.21. The predicted molar refractivity (Wildman–Crippen MR) is 84.1 cm³/mol. The Morgan fingerprint density at radius 2 is 2.25 bits per heavy atom. The van der Waals surface area contributed by atoms with Gasteiger partial charge in [0.2, 0.25) is 0 Å². The molecule has 5 heteroatoms. The Morgan fingerprint density at radius 1 is 1.55 bits per heavy atom. The van der Waals surface area contributed by atoms with Crippen molar-refractivity contribution in [3.8, 4) is 0 Å². The molecule has 0 aliphatic rings. The summed E-state index contributed by atoms with van der Waals surface area (Å²) < 4.78 is 0. The molecule has 4 nitrogen and oxygen atoms in total. The Morgan fingerprint density at radius 3 is 2.80 bits per heavy atom. The Bertz CT molecular complexity index is 402. The summed E-state index contributed by atoms with van der Waals surface area (Å²) in [5.41, 5.74) is -0.0988. The molecular formula is C15H26N2O2S. The normalized spacial score (nSPS) is 13.1. The number of hydrogen-bond donors (Lipinski definition) is 2. The Balaban J connectivity index is 2.30. The fourth-order valence-electron chi connectivity index (χ4n) is 2.16. The third kappa shape index (κ3) is 6.39. The second-order valence-electron chi connectivity index (χ2n) is 6.13. The van der Waals surface area contributed by atoms with Gasteiger partial charge in [0, 0.05) is 25.0 Å². The van der Waals surface area contributed by atoms with Crippen molar-refractivity contribution in [3.63, 3.8) is 0 Å². The highest BCUT2D eigenvalue weighted by Gasteiger charge is 2.21. The second-order valence-corrected chi connectivity index (χ2v) is 7.16. The van der Waals surface area contributed by atoms with Gasteiger partial charge in [0.1, 0.15) is 0 Å². The molecule has 1 atom stereocenters. The second kappa shape index (κ2) is 7.64. The third-order valence-electron chi connectivity index (χ3n) is 3.19. The molecule has 2 amide bonds. The largest absolute Gasteiger partial charge is 0.393 e.